The second-order valence-corrected chi connectivity index (χ2v) is 7.20. The number of hydrogen-bond acceptors (Lipinski definition) is 5. The SMILES string of the molecule is CCN1CCN(c2nc(-c3ccc(NCCO)cc3)cc3ccccc23)CC1. The van der Waals surface area contributed by atoms with Crippen LogP contribution < -0.4 is 10.2 Å². The van der Waals surface area contributed by atoms with Crippen molar-refractivity contribution in [3.05, 3.63) is 54.6 Å². The molecular weight excluding hydrogens is 348 g/mol. The average Bonchev–Trinajstić information content (AvgIpc) is 2.77. The fraction of sp³-hybridized carbons (Fsp3) is 0.348. The van der Waals surface area contributed by atoms with Gasteiger partial charge in [-0.15, -0.1) is 0 Å². The van der Waals surface area contributed by atoms with Gasteiger partial charge >= 0.3 is 0 Å². The van der Waals surface area contributed by atoms with Crippen molar-refractivity contribution >= 4 is 22.3 Å². The summed E-state index contributed by atoms with van der Waals surface area (Å²) in [5.41, 5.74) is 3.11. The van der Waals surface area contributed by atoms with Crippen LogP contribution in [0.3, 0.4) is 0 Å². The highest BCUT2D eigenvalue weighted by Gasteiger charge is 2.19. The van der Waals surface area contributed by atoms with Crippen molar-refractivity contribution in [1.29, 1.82) is 0 Å². The Morgan fingerprint density at radius 3 is 2.46 bits per heavy atom. The number of aromatic nitrogens is 1. The molecule has 5 heteroatoms. The number of likely N-dealkylation sites (N-methyl/N-ethyl adjacent to an activating group) is 1. The lowest BCUT2D eigenvalue weighted by molar-refractivity contribution is 0.271. The summed E-state index contributed by atoms with van der Waals surface area (Å²) in [5, 5.41) is 14.6. The lowest BCUT2D eigenvalue weighted by Gasteiger charge is -2.35. The van der Waals surface area contributed by atoms with E-state index in [4.69, 9.17) is 10.1 Å². The van der Waals surface area contributed by atoms with Crippen molar-refractivity contribution in [2.24, 2.45) is 0 Å². The third-order valence-electron chi connectivity index (χ3n) is 5.46. The molecule has 1 fully saturated rings. The van der Waals surface area contributed by atoms with Crippen LogP contribution in [0.25, 0.3) is 22.0 Å². The Morgan fingerprint density at radius 2 is 1.75 bits per heavy atom. The predicted molar refractivity (Wildman–Crippen MR) is 117 cm³/mol. The summed E-state index contributed by atoms with van der Waals surface area (Å²) in [6.45, 7) is 8.21. The number of nitrogens with one attached hydrogen (secondary N) is 1. The van der Waals surface area contributed by atoms with Gasteiger partial charge in [0.15, 0.2) is 0 Å². The van der Waals surface area contributed by atoms with Crippen LogP contribution in [0.15, 0.2) is 54.6 Å². The number of nitrogens with zero attached hydrogens (tertiary/aromatic N) is 3. The topological polar surface area (TPSA) is 51.6 Å². The number of anilines is 2. The lowest BCUT2D eigenvalue weighted by Crippen LogP contribution is -2.46. The lowest BCUT2D eigenvalue weighted by atomic mass is 10.1. The summed E-state index contributed by atoms with van der Waals surface area (Å²) in [5.74, 6) is 1.09. The molecule has 0 bridgehead atoms. The number of aliphatic hydroxyl groups excluding tert-OH is 1. The molecule has 1 saturated heterocycles. The maximum atomic E-state index is 8.97. The monoisotopic (exact) mass is 376 g/mol. The number of benzene rings is 2. The van der Waals surface area contributed by atoms with Gasteiger partial charge in [-0.25, -0.2) is 4.98 Å². The minimum Gasteiger partial charge on any atom is -0.395 e. The summed E-state index contributed by atoms with van der Waals surface area (Å²) in [4.78, 5) is 10.00. The van der Waals surface area contributed by atoms with Gasteiger partial charge in [-0.05, 0) is 30.1 Å². The van der Waals surface area contributed by atoms with Crippen molar-refractivity contribution in [1.82, 2.24) is 9.88 Å². The van der Waals surface area contributed by atoms with E-state index < -0.39 is 0 Å². The van der Waals surface area contributed by atoms with Crippen LogP contribution in [0.5, 0.6) is 0 Å². The molecule has 5 nitrogen and oxygen atoms in total. The second kappa shape index (κ2) is 8.59. The molecule has 0 atom stereocenters. The zero-order valence-corrected chi connectivity index (χ0v) is 16.4. The van der Waals surface area contributed by atoms with Gasteiger partial charge < -0.3 is 20.2 Å². The van der Waals surface area contributed by atoms with E-state index in [0.717, 1.165) is 55.5 Å². The van der Waals surface area contributed by atoms with Gasteiger partial charge in [0.1, 0.15) is 5.82 Å². The normalized spacial score (nSPS) is 15.1. The Morgan fingerprint density at radius 1 is 1.00 bits per heavy atom. The molecule has 3 aromatic rings. The van der Waals surface area contributed by atoms with E-state index in [1.54, 1.807) is 0 Å². The van der Waals surface area contributed by atoms with Crippen LogP contribution in [0, 0.1) is 0 Å². The van der Waals surface area contributed by atoms with Crippen molar-refractivity contribution in [2.45, 2.75) is 6.92 Å². The standard InChI is InChI=1S/C23H28N4O/c1-2-26-12-14-27(15-13-26)23-21-6-4-3-5-19(21)17-22(25-23)18-7-9-20(10-8-18)24-11-16-28/h3-10,17,24,28H,2,11-16H2,1H3. The van der Waals surface area contributed by atoms with Crippen molar-refractivity contribution in [3.8, 4) is 11.3 Å². The van der Waals surface area contributed by atoms with Crippen LogP contribution in [0.4, 0.5) is 11.5 Å². The Kier molecular flexibility index (Phi) is 5.74. The zero-order chi connectivity index (χ0) is 19.3. The second-order valence-electron chi connectivity index (χ2n) is 7.20. The Balaban J connectivity index is 1.68. The molecule has 1 aromatic heterocycles. The van der Waals surface area contributed by atoms with Crippen molar-refractivity contribution in [3.63, 3.8) is 0 Å². The van der Waals surface area contributed by atoms with E-state index in [2.05, 4.69) is 64.5 Å². The van der Waals surface area contributed by atoms with E-state index in [1.807, 2.05) is 12.1 Å². The summed E-state index contributed by atoms with van der Waals surface area (Å²) in [6, 6.07) is 19.0. The first-order valence-electron chi connectivity index (χ1n) is 10.1. The Labute approximate surface area is 166 Å². The molecule has 0 radical (unpaired) electrons. The van der Waals surface area contributed by atoms with E-state index in [-0.39, 0.29) is 6.61 Å². The number of piperazine rings is 1. The number of rotatable bonds is 6. The number of aliphatic hydroxyl groups is 1. The fourth-order valence-electron chi connectivity index (χ4n) is 3.80. The van der Waals surface area contributed by atoms with E-state index in [9.17, 15) is 0 Å². The Hall–Kier alpha value is -2.63. The van der Waals surface area contributed by atoms with Gasteiger partial charge in [0, 0.05) is 49.4 Å². The molecule has 0 amide bonds. The molecule has 2 N–H and O–H groups in total. The largest absolute Gasteiger partial charge is 0.395 e. The summed E-state index contributed by atoms with van der Waals surface area (Å²) < 4.78 is 0. The third-order valence-corrected chi connectivity index (χ3v) is 5.46. The van der Waals surface area contributed by atoms with E-state index in [1.165, 1.54) is 10.8 Å². The fourth-order valence-corrected chi connectivity index (χ4v) is 3.80. The first-order chi connectivity index (χ1) is 13.8. The van der Waals surface area contributed by atoms with Crippen molar-refractivity contribution < 1.29 is 5.11 Å². The molecule has 28 heavy (non-hydrogen) atoms. The summed E-state index contributed by atoms with van der Waals surface area (Å²) >= 11 is 0. The summed E-state index contributed by atoms with van der Waals surface area (Å²) in [7, 11) is 0. The highest BCUT2D eigenvalue weighted by molar-refractivity contribution is 5.95. The van der Waals surface area contributed by atoms with E-state index in [0.29, 0.717) is 6.54 Å². The summed E-state index contributed by atoms with van der Waals surface area (Å²) in [6.07, 6.45) is 0. The Bertz CT molecular complexity index is 918. The number of fused-ring (bicyclic) bond motifs is 1. The first kappa shape index (κ1) is 18.7. The molecule has 146 valence electrons. The molecule has 0 aliphatic carbocycles. The van der Waals surface area contributed by atoms with Crippen LogP contribution >= 0.6 is 0 Å². The number of pyridine rings is 1. The highest BCUT2D eigenvalue weighted by atomic mass is 16.3. The van der Waals surface area contributed by atoms with Gasteiger partial charge in [-0.1, -0.05) is 43.3 Å². The molecule has 1 aliphatic heterocycles. The predicted octanol–water partition coefficient (Wildman–Crippen LogP) is 3.45. The molecule has 0 unspecified atom stereocenters. The molecule has 1 aliphatic rings. The molecule has 4 rings (SSSR count). The smallest absolute Gasteiger partial charge is 0.137 e. The van der Waals surface area contributed by atoms with Crippen LogP contribution in [-0.2, 0) is 0 Å². The van der Waals surface area contributed by atoms with Gasteiger partial charge in [-0.3, -0.25) is 0 Å². The maximum Gasteiger partial charge on any atom is 0.137 e. The van der Waals surface area contributed by atoms with Gasteiger partial charge in [0.25, 0.3) is 0 Å². The van der Waals surface area contributed by atoms with Crippen molar-refractivity contribution in [2.75, 3.05) is 56.1 Å². The van der Waals surface area contributed by atoms with Gasteiger partial charge in [0.2, 0.25) is 0 Å². The molecule has 0 spiro atoms. The zero-order valence-electron chi connectivity index (χ0n) is 16.4. The van der Waals surface area contributed by atoms with Crippen LogP contribution in [0.1, 0.15) is 6.92 Å². The first-order valence-corrected chi connectivity index (χ1v) is 10.1. The minimum absolute atomic E-state index is 0.128. The number of hydrogen-bond donors (Lipinski definition) is 2. The third kappa shape index (κ3) is 3.96. The minimum atomic E-state index is 0.128. The van der Waals surface area contributed by atoms with Gasteiger partial charge in [0.05, 0.1) is 12.3 Å². The van der Waals surface area contributed by atoms with E-state index >= 15 is 0 Å². The quantitative estimate of drug-likeness (QED) is 0.690. The maximum absolute atomic E-state index is 8.97. The van der Waals surface area contributed by atoms with Crippen LogP contribution in [0.2, 0.25) is 0 Å². The molecular formula is C23H28N4O. The molecule has 2 heterocycles. The molecule has 2 aromatic carbocycles. The highest BCUT2D eigenvalue weighted by Crippen LogP contribution is 2.31. The molecule has 0 saturated carbocycles. The van der Waals surface area contributed by atoms with Crippen LogP contribution in [-0.4, -0.2) is 60.9 Å². The van der Waals surface area contributed by atoms with Gasteiger partial charge in [-0.2, -0.15) is 0 Å². The average molecular weight is 377 g/mol.